The smallest absolute Gasteiger partial charge is 0.325 e. The predicted octanol–water partition coefficient (Wildman–Crippen LogP) is 0.441. The SMILES string of the molecule is CC(C)NC(=O)COC(=O)[C@@H]1Cc2ccccc2CN1S(C)(=O)=O. The van der Waals surface area contributed by atoms with Gasteiger partial charge >= 0.3 is 5.97 Å². The number of ether oxygens (including phenoxy) is 1. The lowest BCUT2D eigenvalue weighted by atomic mass is 9.96. The molecule has 0 unspecified atom stereocenters. The summed E-state index contributed by atoms with van der Waals surface area (Å²) in [7, 11) is -3.59. The van der Waals surface area contributed by atoms with Gasteiger partial charge in [0.05, 0.1) is 6.26 Å². The second-order valence-corrected chi connectivity index (χ2v) is 8.06. The Labute approximate surface area is 142 Å². The normalized spacial score (nSPS) is 18.1. The summed E-state index contributed by atoms with van der Waals surface area (Å²) in [5.41, 5.74) is 1.77. The van der Waals surface area contributed by atoms with Gasteiger partial charge in [0.1, 0.15) is 6.04 Å². The highest BCUT2D eigenvalue weighted by Crippen LogP contribution is 2.26. The molecular formula is C16H22N2O5S. The molecule has 0 fully saturated rings. The molecule has 8 heteroatoms. The minimum Gasteiger partial charge on any atom is -0.454 e. The number of nitrogens with one attached hydrogen (secondary N) is 1. The summed E-state index contributed by atoms with van der Waals surface area (Å²) in [6.07, 6.45) is 1.29. The summed E-state index contributed by atoms with van der Waals surface area (Å²) in [4.78, 5) is 23.9. The molecule has 132 valence electrons. The van der Waals surface area contributed by atoms with E-state index in [0.717, 1.165) is 21.7 Å². The second-order valence-electron chi connectivity index (χ2n) is 6.13. The van der Waals surface area contributed by atoms with E-state index in [4.69, 9.17) is 4.74 Å². The first-order chi connectivity index (χ1) is 11.2. The molecule has 1 aromatic rings. The van der Waals surface area contributed by atoms with Crippen LogP contribution in [0.2, 0.25) is 0 Å². The van der Waals surface area contributed by atoms with Crippen molar-refractivity contribution in [3.8, 4) is 0 Å². The highest BCUT2D eigenvalue weighted by Gasteiger charge is 2.37. The minimum absolute atomic E-state index is 0.0646. The number of sulfonamides is 1. The van der Waals surface area contributed by atoms with Crippen molar-refractivity contribution in [2.75, 3.05) is 12.9 Å². The maximum absolute atomic E-state index is 12.3. The van der Waals surface area contributed by atoms with E-state index >= 15 is 0 Å². The summed E-state index contributed by atoms with van der Waals surface area (Å²) >= 11 is 0. The minimum atomic E-state index is -3.59. The molecule has 0 saturated carbocycles. The number of rotatable bonds is 5. The summed E-state index contributed by atoms with van der Waals surface area (Å²) in [6, 6.07) is 6.35. The third-order valence-electron chi connectivity index (χ3n) is 3.70. The van der Waals surface area contributed by atoms with Gasteiger partial charge < -0.3 is 10.1 Å². The van der Waals surface area contributed by atoms with Crippen molar-refractivity contribution in [1.82, 2.24) is 9.62 Å². The van der Waals surface area contributed by atoms with E-state index in [0.29, 0.717) is 0 Å². The number of fused-ring (bicyclic) bond motifs is 1. The monoisotopic (exact) mass is 354 g/mol. The summed E-state index contributed by atoms with van der Waals surface area (Å²) in [5, 5.41) is 2.61. The van der Waals surface area contributed by atoms with Gasteiger partial charge in [0.2, 0.25) is 10.0 Å². The Bertz CT molecular complexity index is 730. The van der Waals surface area contributed by atoms with Crippen LogP contribution in [-0.4, -0.2) is 49.5 Å². The van der Waals surface area contributed by atoms with Crippen molar-refractivity contribution < 1.29 is 22.7 Å². The molecule has 0 spiro atoms. The van der Waals surface area contributed by atoms with E-state index in [1.54, 1.807) is 13.8 Å². The van der Waals surface area contributed by atoms with Crippen molar-refractivity contribution in [3.05, 3.63) is 35.4 Å². The molecule has 0 aromatic heterocycles. The predicted molar refractivity (Wildman–Crippen MR) is 88.6 cm³/mol. The molecule has 1 aromatic carbocycles. The van der Waals surface area contributed by atoms with Gasteiger partial charge in [-0.3, -0.25) is 9.59 Å². The average molecular weight is 354 g/mol. The number of hydrogen-bond acceptors (Lipinski definition) is 5. The molecule has 0 radical (unpaired) electrons. The van der Waals surface area contributed by atoms with Crippen molar-refractivity contribution in [2.24, 2.45) is 0 Å². The van der Waals surface area contributed by atoms with Crippen LogP contribution in [0.5, 0.6) is 0 Å². The first-order valence-electron chi connectivity index (χ1n) is 7.68. The molecule has 0 saturated heterocycles. The molecule has 1 aliphatic rings. The average Bonchev–Trinajstić information content (AvgIpc) is 2.49. The van der Waals surface area contributed by atoms with Crippen molar-refractivity contribution in [1.29, 1.82) is 0 Å². The molecule has 1 amide bonds. The molecule has 1 atom stereocenters. The molecule has 1 aliphatic heterocycles. The highest BCUT2D eigenvalue weighted by atomic mass is 32.2. The lowest BCUT2D eigenvalue weighted by Crippen LogP contribution is -2.49. The summed E-state index contributed by atoms with van der Waals surface area (Å²) in [6.45, 7) is 3.28. The first-order valence-corrected chi connectivity index (χ1v) is 9.53. The maximum atomic E-state index is 12.3. The summed E-state index contributed by atoms with van der Waals surface area (Å²) in [5.74, 6) is -1.13. The van der Waals surface area contributed by atoms with E-state index < -0.39 is 34.5 Å². The van der Waals surface area contributed by atoms with Gasteiger partial charge in [-0.25, -0.2) is 8.42 Å². The van der Waals surface area contributed by atoms with Gasteiger partial charge in [-0.1, -0.05) is 24.3 Å². The molecule has 1 heterocycles. The van der Waals surface area contributed by atoms with Gasteiger partial charge in [-0.15, -0.1) is 0 Å². The van der Waals surface area contributed by atoms with Gasteiger partial charge in [-0.2, -0.15) is 4.31 Å². The third-order valence-corrected chi connectivity index (χ3v) is 4.93. The van der Waals surface area contributed by atoms with Gasteiger partial charge in [-0.05, 0) is 25.0 Å². The fourth-order valence-electron chi connectivity index (χ4n) is 2.64. The fourth-order valence-corrected chi connectivity index (χ4v) is 3.64. The lowest BCUT2D eigenvalue weighted by molar-refractivity contribution is -0.152. The molecule has 24 heavy (non-hydrogen) atoms. The Kier molecular flexibility index (Phi) is 5.61. The zero-order valence-corrected chi connectivity index (χ0v) is 14.8. The Morgan fingerprint density at radius 3 is 2.50 bits per heavy atom. The van der Waals surface area contributed by atoms with E-state index in [9.17, 15) is 18.0 Å². The molecule has 7 nitrogen and oxygen atoms in total. The Hall–Kier alpha value is -1.93. The Balaban J connectivity index is 2.14. The standard InChI is InChI=1S/C16H22N2O5S/c1-11(2)17-15(19)10-23-16(20)14-8-12-6-4-5-7-13(12)9-18(14)24(3,21)22/h4-7,11,14H,8-10H2,1-3H3,(H,17,19)/t14-/m0/s1. The quantitative estimate of drug-likeness (QED) is 0.775. The van der Waals surface area contributed by atoms with E-state index in [1.165, 1.54) is 0 Å². The van der Waals surface area contributed by atoms with Crippen LogP contribution in [0.15, 0.2) is 24.3 Å². The molecular weight excluding hydrogens is 332 g/mol. The van der Waals surface area contributed by atoms with Gasteiger partial charge in [0.15, 0.2) is 6.61 Å². The molecule has 1 N–H and O–H groups in total. The van der Waals surface area contributed by atoms with Crippen LogP contribution in [0.1, 0.15) is 25.0 Å². The number of amides is 1. The molecule has 0 aliphatic carbocycles. The van der Waals surface area contributed by atoms with E-state index in [2.05, 4.69) is 5.32 Å². The Morgan fingerprint density at radius 2 is 1.92 bits per heavy atom. The topological polar surface area (TPSA) is 92.8 Å². The number of nitrogens with zero attached hydrogens (tertiary/aromatic N) is 1. The lowest BCUT2D eigenvalue weighted by Gasteiger charge is -2.33. The maximum Gasteiger partial charge on any atom is 0.325 e. The number of esters is 1. The Morgan fingerprint density at radius 1 is 1.29 bits per heavy atom. The van der Waals surface area contributed by atoms with Crippen LogP contribution in [0.3, 0.4) is 0 Å². The zero-order chi connectivity index (χ0) is 17.9. The largest absolute Gasteiger partial charge is 0.454 e. The van der Waals surface area contributed by atoms with Crippen LogP contribution in [0.4, 0.5) is 0 Å². The number of carbonyl (C=O) groups is 2. The zero-order valence-electron chi connectivity index (χ0n) is 14.0. The van der Waals surface area contributed by atoms with Crippen LogP contribution in [-0.2, 0) is 37.3 Å². The van der Waals surface area contributed by atoms with E-state index in [1.807, 2.05) is 24.3 Å². The number of carbonyl (C=O) groups excluding carboxylic acids is 2. The van der Waals surface area contributed by atoms with Gasteiger partial charge in [0.25, 0.3) is 5.91 Å². The number of hydrogen-bond donors (Lipinski definition) is 1. The number of benzene rings is 1. The fraction of sp³-hybridized carbons (Fsp3) is 0.500. The van der Waals surface area contributed by atoms with Crippen LogP contribution in [0, 0.1) is 0 Å². The van der Waals surface area contributed by atoms with Crippen molar-refractivity contribution in [3.63, 3.8) is 0 Å². The van der Waals surface area contributed by atoms with Crippen molar-refractivity contribution in [2.45, 2.75) is 38.9 Å². The first kappa shape index (κ1) is 18.4. The van der Waals surface area contributed by atoms with Gasteiger partial charge in [0, 0.05) is 19.0 Å². The highest BCUT2D eigenvalue weighted by molar-refractivity contribution is 7.88. The molecule has 0 bridgehead atoms. The second kappa shape index (κ2) is 7.31. The van der Waals surface area contributed by atoms with Crippen LogP contribution >= 0.6 is 0 Å². The van der Waals surface area contributed by atoms with Crippen LogP contribution in [0.25, 0.3) is 0 Å². The van der Waals surface area contributed by atoms with E-state index in [-0.39, 0.29) is 19.0 Å². The molecule has 2 rings (SSSR count). The van der Waals surface area contributed by atoms with Crippen LogP contribution < -0.4 is 5.32 Å². The summed E-state index contributed by atoms with van der Waals surface area (Å²) < 4.78 is 30.2. The third kappa shape index (κ3) is 4.55. The van der Waals surface area contributed by atoms with Crippen molar-refractivity contribution >= 4 is 21.9 Å².